The van der Waals surface area contributed by atoms with E-state index in [2.05, 4.69) is 30.3 Å². The monoisotopic (exact) mass is 332 g/mol. The second-order valence-electron chi connectivity index (χ2n) is 6.30. The van der Waals surface area contributed by atoms with Crippen molar-refractivity contribution in [3.05, 3.63) is 28.0 Å². The van der Waals surface area contributed by atoms with E-state index in [9.17, 15) is 0 Å². The van der Waals surface area contributed by atoms with Crippen molar-refractivity contribution in [2.75, 3.05) is 0 Å². The van der Waals surface area contributed by atoms with Crippen LogP contribution in [0.5, 0.6) is 0 Å². The number of hydrogen-bond acceptors (Lipinski definition) is 1. The number of rotatable bonds is 3. The fourth-order valence-corrected chi connectivity index (χ4v) is 2.61. The zero-order chi connectivity index (χ0) is 15.1. The molecule has 5 heteroatoms. The van der Waals surface area contributed by atoms with E-state index in [1.807, 2.05) is 13.0 Å². The molecular weight excluding hydrogens is 315 g/mol. The Morgan fingerprint density at radius 1 is 1.20 bits per heavy atom. The number of fused-ring (bicyclic) bond motifs is 1. The topological polar surface area (TPSA) is 17.8 Å². The molecule has 1 unspecified atom stereocenters. The summed E-state index contributed by atoms with van der Waals surface area (Å²) < 4.78 is 2.15. The summed E-state index contributed by atoms with van der Waals surface area (Å²) in [5.41, 5.74) is 2.08. The first-order valence-corrected chi connectivity index (χ1v) is 7.87. The van der Waals surface area contributed by atoms with Crippen LogP contribution in [0.2, 0.25) is 10.0 Å². The number of benzene rings is 1. The summed E-state index contributed by atoms with van der Waals surface area (Å²) in [5.74, 6) is 0.865. The number of hydrogen-bond donors (Lipinski definition) is 0. The molecule has 0 saturated heterocycles. The molecule has 2 rings (SSSR count). The van der Waals surface area contributed by atoms with Crippen molar-refractivity contribution >= 4 is 45.8 Å². The molecule has 0 amide bonds. The molecule has 1 aromatic heterocycles. The van der Waals surface area contributed by atoms with E-state index in [0.717, 1.165) is 29.8 Å². The van der Waals surface area contributed by atoms with E-state index in [-0.39, 0.29) is 10.8 Å². The van der Waals surface area contributed by atoms with E-state index in [4.69, 9.17) is 34.8 Å². The summed E-state index contributed by atoms with van der Waals surface area (Å²) in [6.07, 6.45) is 1.04. The van der Waals surface area contributed by atoms with Gasteiger partial charge < -0.3 is 4.57 Å². The largest absolute Gasteiger partial charge is 0.327 e. The van der Waals surface area contributed by atoms with Crippen LogP contribution in [0.3, 0.4) is 0 Å². The average Bonchev–Trinajstić information content (AvgIpc) is 2.64. The molecule has 0 fully saturated rings. The standard InChI is InChI=1S/C15H19Cl3N2/c1-9(16)14-19-12-7-10(17)11(18)8-13(12)20(14)6-5-15(2,3)4/h7-9H,5-6H2,1-4H3. The first-order chi connectivity index (χ1) is 9.19. The minimum absolute atomic E-state index is 0.153. The quantitative estimate of drug-likeness (QED) is 0.622. The van der Waals surface area contributed by atoms with Gasteiger partial charge >= 0.3 is 0 Å². The predicted octanol–water partition coefficient (Wildman–Crippen LogP) is 6.08. The number of aryl methyl sites for hydroxylation is 1. The molecule has 0 N–H and O–H groups in total. The van der Waals surface area contributed by atoms with E-state index in [0.29, 0.717) is 10.0 Å². The number of imidazole rings is 1. The van der Waals surface area contributed by atoms with Crippen molar-refractivity contribution < 1.29 is 0 Å². The Balaban J connectivity index is 2.53. The van der Waals surface area contributed by atoms with Crippen molar-refractivity contribution in [1.29, 1.82) is 0 Å². The smallest absolute Gasteiger partial charge is 0.127 e. The highest BCUT2D eigenvalue weighted by molar-refractivity contribution is 6.42. The number of nitrogens with zero attached hydrogens (tertiary/aromatic N) is 2. The van der Waals surface area contributed by atoms with Crippen LogP contribution in [-0.2, 0) is 6.54 Å². The van der Waals surface area contributed by atoms with Gasteiger partial charge in [-0.15, -0.1) is 11.6 Å². The van der Waals surface area contributed by atoms with Crippen molar-refractivity contribution in [1.82, 2.24) is 9.55 Å². The Bertz CT molecular complexity index is 624. The zero-order valence-corrected chi connectivity index (χ0v) is 14.4. The van der Waals surface area contributed by atoms with Gasteiger partial charge in [0.25, 0.3) is 0 Å². The van der Waals surface area contributed by atoms with Gasteiger partial charge in [-0.05, 0) is 30.9 Å². The molecule has 110 valence electrons. The lowest BCUT2D eigenvalue weighted by Crippen LogP contribution is -2.12. The summed E-state index contributed by atoms with van der Waals surface area (Å²) >= 11 is 18.5. The Labute approximate surface area is 135 Å². The van der Waals surface area contributed by atoms with Crippen molar-refractivity contribution in [2.24, 2.45) is 5.41 Å². The highest BCUT2D eigenvalue weighted by Crippen LogP contribution is 2.32. The lowest BCUT2D eigenvalue weighted by atomic mass is 9.92. The Morgan fingerprint density at radius 3 is 2.35 bits per heavy atom. The maximum absolute atomic E-state index is 6.26. The molecule has 1 atom stereocenters. The molecule has 20 heavy (non-hydrogen) atoms. The van der Waals surface area contributed by atoms with Crippen molar-refractivity contribution in [3.63, 3.8) is 0 Å². The van der Waals surface area contributed by atoms with Crippen LogP contribution >= 0.6 is 34.8 Å². The molecule has 0 aliphatic heterocycles. The maximum Gasteiger partial charge on any atom is 0.127 e. The molecule has 1 aromatic carbocycles. The number of alkyl halides is 1. The summed E-state index contributed by atoms with van der Waals surface area (Å²) in [7, 11) is 0. The van der Waals surface area contributed by atoms with Gasteiger partial charge in [0.1, 0.15) is 5.82 Å². The molecule has 1 heterocycles. The van der Waals surface area contributed by atoms with Gasteiger partial charge in [0, 0.05) is 6.54 Å². The molecule has 0 aliphatic rings. The molecule has 0 saturated carbocycles. The van der Waals surface area contributed by atoms with Gasteiger partial charge in [-0.25, -0.2) is 4.98 Å². The summed E-state index contributed by atoms with van der Waals surface area (Å²) in [5, 5.41) is 0.915. The van der Waals surface area contributed by atoms with Gasteiger partial charge in [0.05, 0.1) is 26.5 Å². The molecule has 0 bridgehead atoms. The third-order valence-electron chi connectivity index (χ3n) is 3.26. The third kappa shape index (κ3) is 3.41. The highest BCUT2D eigenvalue weighted by Gasteiger charge is 2.18. The molecule has 0 radical (unpaired) electrons. The third-order valence-corrected chi connectivity index (χ3v) is 4.18. The average molecular weight is 334 g/mol. The lowest BCUT2D eigenvalue weighted by Gasteiger charge is -2.20. The van der Waals surface area contributed by atoms with Crippen molar-refractivity contribution in [2.45, 2.75) is 46.0 Å². The molecule has 0 spiro atoms. The minimum atomic E-state index is -0.153. The molecule has 0 aliphatic carbocycles. The van der Waals surface area contributed by atoms with E-state index < -0.39 is 0 Å². The van der Waals surface area contributed by atoms with E-state index in [1.165, 1.54) is 0 Å². The van der Waals surface area contributed by atoms with Crippen LogP contribution in [0.1, 0.15) is 45.3 Å². The Hall–Kier alpha value is -0.440. The fourth-order valence-electron chi connectivity index (χ4n) is 2.12. The minimum Gasteiger partial charge on any atom is -0.327 e. The zero-order valence-electron chi connectivity index (χ0n) is 12.2. The van der Waals surface area contributed by atoms with Gasteiger partial charge in [-0.1, -0.05) is 44.0 Å². The van der Waals surface area contributed by atoms with Crippen LogP contribution in [0.4, 0.5) is 0 Å². The second-order valence-corrected chi connectivity index (χ2v) is 7.77. The second kappa shape index (κ2) is 5.75. The molecule has 2 aromatic rings. The number of aromatic nitrogens is 2. The Morgan fingerprint density at radius 2 is 1.80 bits per heavy atom. The summed E-state index contributed by atoms with van der Waals surface area (Å²) in [6, 6.07) is 3.67. The van der Waals surface area contributed by atoms with Crippen LogP contribution in [-0.4, -0.2) is 9.55 Å². The summed E-state index contributed by atoms with van der Waals surface area (Å²) in [4.78, 5) is 4.60. The van der Waals surface area contributed by atoms with Crippen molar-refractivity contribution in [3.8, 4) is 0 Å². The fraction of sp³-hybridized carbons (Fsp3) is 0.533. The highest BCUT2D eigenvalue weighted by atomic mass is 35.5. The number of halogens is 3. The maximum atomic E-state index is 6.26. The normalized spacial score (nSPS) is 13.9. The van der Waals surface area contributed by atoms with E-state index >= 15 is 0 Å². The van der Waals surface area contributed by atoms with Gasteiger partial charge in [-0.2, -0.15) is 0 Å². The molecule has 2 nitrogen and oxygen atoms in total. The van der Waals surface area contributed by atoms with Gasteiger partial charge in [-0.3, -0.25) is 0 Å². The first-order valence-electron chi connectivity index (χ1n) is 6.68. The Kier molecular flexibility index (Phi) is 4.58. The van der Waals surface area contributed by atoms with Gasteiger partial charge in [0.2, 0.25) is 0 Å². The van der Waals surface area contributed by atoms with Gasteiger partial charge in [0.15, 0.2) is 0 Å². The van der Waals surface area contributed by atoms with E-state index in [1.54, 1.807) is 6.07 Å². The predicted molar refractivity (Wildman–Crippen MR) is 88.1 cm³/mol. The first kappa shape index (κ1) is 15.9. The van der Waals surface area contributed by atoms with Crippen LogP contribution < -0.4 is 0 Å². The summed E-state index contributed by atoms with van der Waals surface area (Å²) in [6.45, 7) is 9.46. The van der Waals surface area contributed by atoms with Crippen LogP contribution in [0.25, 0.3) is 11.0 Å². The molecular formula is C15H19Cl3N2. The SMILES string of the molecule is CC(Cl)c1nc2cc(Cl)c(Cl)cc2n1CCC(C)(C)C. The van der Waals surface area contributed by atoms with Crippen LogP contribution in [0, 0.1) is 5.41 Å². The lowest BCUT2D eigenvalue weighted by molar-refractivity contribution is 0.350. The van der Waals surface area contributed by atoms with Crippen LogP contribution in [0.15, 0.2) is 12.1 Å².